The molecule has 3 aromatic carbocycles. The lowest BCUT2D eigenvalue weighted by Gasteiger charge is -2.36. The SMILES string of the molecule is CS(=O)(=O)c1ccc(N2CCN(Cc3ccco3)CC2)cc1NC(c1ccccc1)c1ccccc1. The fraction of sp³-hybridized carbons (Fsp3) is 0.241. The van der Waals surface area contributed by atoms with Crippen molar-refractivity contribution in [3.8, 4) is 0 Å². The third-order valence-corrected chi connectivity index (χ3v) is 7.78. The summed E-state index contributed by atoms with van der Waals surface area (Å²) in [6.45, 7) is 4.34. The molecule has 1 aliphatic rings. The first-order valence-corrected chi connectivity index (χ1v) is 14.1. The van der Waals surface area contributed by atoms with Crippen molar-refractivity contribution in [1.29, 1.82) is 0 Å². The molecule has 5 rings (SSSR count). The summed E-state index contributed by atoms with van der Waals surface area (Å²) in [5.41, 5.74) is 3.77. The van der Waals surface area contributed by atoms with Crippen LogP contribution in [0.5, 0.6) is 0 Å². The largest absolute Gasteiger partial charge is 0.468 e. The number of nitrogens with one attached hydrogen (secondary N) is 1. The van der Waals surface area contributed by atoms with Crippen molar-refractivity contribution in [1.82, 2.24) is 4.90 Å². The lowest BCUT2D eigenvalue weighted by atomic mass is 9.98. The Bertz CT molecular complexity index is 1330. The van der Waals surface area contributed by atoms with E-state index >= 15 is 0 Å². The van der Waals surface area contributed by atoms with Crippen molar-refractivity contribution in [2.24, 2.45) is 0 Å². The standard InChI is InChI=1S/C29H31N3O3S/c1-36(33,34)28-15-14-25(32-18-16-31(17-19-32)22-26-13-8-20-35-26)21-27(28)30-29(23-9-4-2-5-10-23)24-11-6-3-7-12-24/h2-15,20-21,29-30H,16-19,22H2,1H3. The summed E-state index contributed by atoms with van der Waals surface area (Å²) in [7, 11) is -3.43. The van der Waals surface area contributed by atoms with Crippen LogP contribution in [0.1, 0.15) is 22.9 Å². The summed E-state index contributed by atoms with van der Waals surface area (Å²) < 4.78 is 30.9. The van der Waals surface area contributed by atoms with E-state index in [2.05, 4.69) is 39.4 Å². The zero-order valence-electron chi connectivity index (χ0n) is 20.4. The van der Waals surface area contributed by atoms with Gasteiger partial charge in [0.2, 0.25) is 0 Å². The molecule has 0 atom stereocenters. The number of benzene rings is 3. The molecule has 0 saturated carbocycles. The smallest absolute Gasteiger partial charge is 0.177 e. The minimum atomic E-state index is -3.43. The summed E-state index contributed by atoms with van der Waals surface area (Å²) in [6, 6.07) is 29.6. The van der Waals surface area contributed by atoms with E-state index in [0.717, 1.165) is 55.3 Å². The number of furan rings is 1. The van der Waals surface area contributed by atoms with E-state index in [-0.39, 0.29) is 6.04 Å². The molecule has 0 unspecified atom stereocenters. The zero-order chi connectivity index (χ0) is 25.0. The molecular formula is C29H31N3O3S. The van der Waals surface area contributed by atoms with E-state index in [1.807, 2.05) is 60.7 Å². The van der Waals surface area contributed by atoms with Crippen LogP contribution >= 0.6 is 0 Å². The van der Waals surface area contributed by atoms with Crippen molar-refractivity contribution >= 4 is 21.2 Å². The second-order valence-electron chi connectivity index (χ2n) is 9.19. The van der Waals surface area contributed by atoms with Crippen LogP contribution in [0.2, 0.25) is 0 Å². The van der Waals surface area contributed by atoms with E-state index in [1.165, 1.54) is 6.26 Å². The number of anilines is 2. The highest BCUT2D eigenvalue weighted by molar-refractivity contribution is 7.90. The van der Waals surface area contributed by atoms with Crippen LogP contribution in [0.25, 0.3) is 0 Å². The Hall–Kier alpha value is -3.55. The van der Waals surface area contributed by atoms with Crippen molar-refractivity contribution in [2.75, 3.05) is 42.7 Å². The minimum Gasteiger partial charge on any atom is -0.468 e. The predicted octanol–water partition coefficient (Wildman–Crippen LogP) is 5.21. The van der Waals surface area contributed by atoms with E-state index in [9.17, 15) is 8.42 Å². The first-order chi connectivity index (χ1) is 17.5. The van der Waals surface area contributed by atoms with Crippen LogP contribution < -0.4 is 10.2 Å². The summed E-state index contributed by atoms with van der Waals surface area (Å²) in [6.07, 6.45) is 2.97. The van der Waals surface area contributed by atoms with Crippen LogP contribution in [0.3, 0.4) is 0 Å². The van der Waals surface area contributed by atoms with E-state index in [0.29, 0.717) is 10.6 Å². The van der Waals surface area contributed by atoms with Gasteiger partial charge in [-0.05, 0) is 41.5 Å². The molecule has 0 amide bonds. The quantitative estimate of drug-likeness (QED) is 0.358. The third kappa shape index (κ3) is 5.64. The van der Waals surface area contributed by atoms with Gasteiger partial charge in [0.15, 0.2) is 9.84 Å². The molecule has 1 N–H and O–H groups in total. The van der Waals surface area contributed by atoms with Gasteiger partial charge in [0, 0.05) is 38.1 Å². The van der Waals surface area contributed by atoms with Crippen molar-refractivity contribution < 1.29 is 12.8 Å². The topological polar surface area (TPSA) is 65.8 Å². The van der Waals surface area contributed by atoms with Gasteiger partial charge in [0.05, 0.1) is 29.4 Å². The third-order valence-electron chi connectivity index (χ3n) is 6.63. The molecule has 36 heavy (non-hydrogen) atoms. The zero-order valence-corrected chi connectivity index (χ0v) is 21.2. The predicted molar refractivity (Wildman–Crippen MR) is 144 cm³/mol. The molecule has 1 saturated heterocycles. The Kier molecular flexibility index (Phi) is 7.11. The fourth-order valence-electron chi connectivity index (χ4n) is 4.74. The van der Waals surface area contributed by atoms with Crippen LogP contribution in [-0.2, 0) is 16.4 Å². The number of hydrogen-bond donors (Lipinski definition) is 1. The molecule has 186 valence electrons. The maximum Gasteiger partial charge on any atom is 0.177 e. The fourth-order valence-corrected chi connectivity index (χ4v) is 5.58. The molecular weight excluding hydrogens is 470 g/mol. The second kappa shape index (κ2) is 10.6. The normalized spacial score (nSPS) is 14.8. The van der Waals surface area contributed by atoms with Gasteiger partial charge in [-0.1, -0.05) is 60.7 Å². The Morgan fingerprint density at radius 2 is 1.47 bits per heavy atom. The molecule has 4 aromatic rings. The average molecular weight is 502 g/mol. The minimum absolute atomic E-state index is 0.187. The van der Waals surface area contributed by atoms with Gasteiger partial charge in [0.25, 0.3) is 0 Å². The van der Waals surface area contributed by atoms with Crippen LogP contribution in [-0.4, -0.2) is 45.8 Å². The lowest BCUT2D eigenvalue weighted by molar-refractivity contribution is 0.230. The number of nitrogens with zero attached hydrogens (tertiary/aromatic N) is 2. The van der Waals surface area contributed by atoms with Gasteiger partial charge in [0.1, 0.15) is 5.76 Å². The molecule has 0 aliphatic carbocycles. The maximum absolute atomic E-state index is 12.7. The van der Waals surface area contributed by atoms with Crippen LogP contribution in [0.15, 0.2) is 107 Å². The average Bonchev–Trinajstić information content (AvgIpc) is 3.41. The highest BCUT2D eigenvalue weighted by Crippen LogP contribution is 2.33. The molecule has 1 fully saturated rings. The van der Waals surface area contributed by atoms with E-state index < -0.39 is 9.84 Å². The van der Waals surface area contributed by atoms with Gasteiger partial charge in [-0.2, -0.15) is 0 Å². The Balaban J connectivity index is 1.42. The molecule has 7 heteroatoms. The number of rotatable bonds is 8. The molecule has 1 aromatic heterocycles. The van der Waals surface area contributed by atoms with Gasteiger partial charge in [-0.15, -0.1) is 0 Å². The van der Waals surface area contributed by atoms with Crippen molar-refractivity contribution in [2.45, 2.75) is 17.5 Å². The monoisotopic (exact) mass is 501 g/mol. The number of piperazine rings is 1. The van der Waals surface area contributed by atoms with Crippen LogP contribution in [0, 0.1) is 0 Å². The van der Waals surface area contributed by atoms with Gasteiger partial charge in [-0.25, -0.2) is 8.42 Å². The summed E-state index contributed by atoms with van der Waals surface area (Å²) in [5.74, 6) is 0.973. The maximum atomic E-state index is 12.7. The highest BCUT2D eigenvalue weighted by atomic mass is 32.2. The first kappa shape index (κ1) is 24.2. The molecule has 2 heterocycles. The first-order valence-electron chi connectivity index (χ1n) is 12.2. The van der Waals surface area contributed by atoms with Crippen molar-refractivity contribution in [3.05, 3.63) is 114 Å². The van der Waals surface area contributed by atoms with Gasteiger partial charge >= 0.3 is 0 Å². The molecule has 0 radical (unpaired) electrons. The molecule has 1 aliphatic heterocycles. The lowest BCUT2D eigenvalue weighted by Crippen LogP contribution is -2.45. The Morgan fingerprint density at radius 3 is 2.03 bits per heavy atom. The Morgan fingerprint density at radius 1 is 0.833 bits per heavy atom. The Labute approximate surface area is 213 Å². The van der Waals surface area contributed by atoms with Gasteiger partial charge in [-0.3, -0.25) is 4.90 Å². The molecule has 6 nitrogen and oxygen atoms in total. The second-order valence-corrected chi connectivity index (χ2v) is 11.2. The molecule has 0 spiro atoms. The van der Waals surface area contributed by atoms with Gasteiger partial charge < -0.3 is 14.6 Å². The number of hydrogen-bond acceptors (Lipinski definition) is 6. The highest BCUT2D eigenvalue weighted by Gasteiger charge is 2.23. The summed E-state index contributed by atoms with van der Waals surface area (Å²) in [5, 5.41) is 3.58. The van der Waals surface area contributed by atoms with E-state index in [4.69, 9.17) is 4.42 Å². The number of sulfone groups is 1. The van der Waals surface area contributed by atoms with Crippen molar-refractivity contribution in [3.63, 3.8) is 0 Å². The molecule has 0 bridgehead atoms. The van der Waals surface area contributed by atoms with E-state index in [1.54, 1.807) is 12.3 Å². The summed E-state index contributed by atoms with van der Waals surface area (Å²) in [4.78, 5) is 5.00. The van der Waals surface area contributed by atoms with Crippen LogP contribution in [0.4, 0.5) is 11.4 Å². The summed E-state index contributed by atoms with van der Waals surface area (Å²) >= 11 is 0.